The molecule has 0 radical (unpaired) electrons. The summed E-state index contributed by atoms with van der Waals surface area (Å²) in [6, 6.07) is 3.11. The Morgan fingerprint density at radius 3 is 1.56 bits per heavy atom. The quantitative estimate of drug-likeness (QED) is 0.104. The normalized spacial score (nSPS) is 16.8. The van der Waals surface area contributed by atoms with Crippen molar-refractivity contribution in [1.82, 2.24) is 0 Å². The van der Waals surface area contributed by atoms with E-state index in [-0.39, 0.29) is 24.0 Å². The van der Waals surface area contributed by atoms with Gasteiger partial charge in [0.05, 0.1) is 12.5 Å². The molecule has 0 aliphatic rings. The molecule has 0 heterocycles. The molecule has 0 fully saturated rings. The van der Waals surface area contributed by atoms with Gasteiger partial charge in [-0.05, 0) is 41.4 Å². The maximum atomic E-state index is 14.2. The number of rotatable bonds is 19. The van der Waals surface area contributed by atoms with Crippen LogP contribution in [0.2, 0.25) is 0 Å². The summed E-state index contributed by atoms with van der Waals surface area (Å²) < 4.78 is 224. The summed E-state index contributed by atoms with van der Waals surface area (Å²) in [6.45, 7) is 11.6. The second-order valence-corrected chi connectivity index (χ2v) is 13.0. The zero-order chi connectivity index (χ0) is 39.6. The van der Waals surface area contributed by atoms with Gasteiger partial charge in [0.15, 0.2) is 0 Å². The number of ether oxygens (including phenoxy) is 2. The van der Waals surface area contributed by atoms with Crippen LogP contribution in [0.4, 0.5) is 70.2 Å². The molecule has 0 aliphatic heterocycles. The first-order valence-electron chi connectivity index (χ1n) is 15.2. The number of alkyl halides is 16. The molecule has 0 aliphatic carbocycles. The molecular weight excluding hydrogens is 724 g/mol. The van der Waals surface area contributed by atoms with E-state index in [1.807, 2.05) is 34.6 Å². The van der Waals surface area contributed by atoms with Crippen molar-refractivity contribution in [2.75, 3.05) is 6.61 Å². The Balaban J connectivity index is 3.12. The summed E-state index contributed by atoms with van der Waals surface area (Å²) >= 11 is 0. The van der Waals surface area contributed by atoms with E-state index in [1.54, 1.807) is 0 Å². The second-order valence-electron chi connectivity index (χ2n) is 13.0. The summed E-state index contributed by atoms with van der Waals surface area (Å²) in [6.07, 6.45) is -9.16. The van der Waals surface area contributed by atoms with Gasteiger partial charge in [-0.25, -0.2) is 0 Å². The number of carbonyl (C=O) groups is 1. The molecule has 1 rings (SSSR count). The van der Waals surface area contributed by atoms with Gasteiger partial charge in [-0.15, -0.1) is 0 Å². The highest BCUT2D eigenvalue weighted by atomic mass is 19.4. The number of carbonyl (C=O) groups excluding carboxylic acids is 1. The first kappa shape index (κ1) is 45.4. The molecular formula is C31H38F16O3. The largest absolute Gasteiger partial charge is 0.465 e. The number of hydrogen-bond donors (Lipinski definition) is 0. The van der Waals surface area contributed by atoms with E-state index in [1.165, 1.54) is 0 Å². The lowest BCUT2D eigenvalue weighted by Gasteiger charge is -2.41. The number of hydrogen-bond acceptors (Lipinski definition) is 3. The average Bonchev–Trinajstić information content (AvgIpc) is 2.99. The van der Waals surface area contributed by atoms with Crippen LogP contribution in [0.1, 0.15) is 79.2 Å². The van der Waals surface area contributed by atoms with Crippen molar-refractivity contribution in [3.8, 4) is 5.75 Å². The third-order valence-corrected chi connectivity index (χ3v) is 8.98. The lowest BCUT2D eigenvalue weighted by Crippen LogP contribution is -2.73. The van der Waals surface area contributed by atoms with Crippen LogP contribution >= 0.6 is 0 Å². The van der Waals surface area contributed by atoms with E-state index in [9.17, 15) is 75.0 Å². The first-order valence-corrected chi connectivity index (χ1v) is 15.2. The second kappa shape index (κ2) is 15.2. The van der Waals surface area contributed by atoms with Crippen molar-refractivity contribution in [3.63, 3.8) is 0 Å². The predicted octanol–water partition coefficient (Wildman–Crippen LogP) is 11.5. The maximum Gasteiger partial charge on any atom is 0.460 e. The molecule has 3 atom stereocenters. The Morgan fingerprint density at radius 2 is 1.14 bits per heavy atom. The van der Waals surface area contributed by atoms with E-state index in [0.717, 1.165) is 31.4 Å². The summed E-state index contributed by atoms with van der Waals surface area (Å²) in [5, 5.41) is 0. The maximum absolute atomic E-state index is 14.2. The summed E-state index contributed by atoms with van der Waals surface area (Å²) in [7, 11) is 0. The van der Waals surface area contributed by atoms with Crippen LogP contribution in [0, 0.1) is 16.7 Å². The SMILES string of the molecule is CCCC(C)(CC)C[C@H](C(=O)OCCc1ccc(OC(F)C(F)(F)C(F)(F)C(F)(F)C(F)(F)C(F)(F)C(F)(F)C(F)(F)F)cc1)C(C)(C)CC. The van der Waals surface area contributed by atoms with E-state index in [0.29, 0.717) is 25.0 Å². The van der Waals surface area contributed by atoms with Crippen molar-refractivity contribution in [2.24, 2.45) is 16.7 Å². The summed E-state index contributed by atoms with van der Waals surface area (Å²) in [5.41, 5.74) is -0.372. The van der Waals surface area contributed by atoms with Crippen LogP contribution in [0.25, 0.3) is 0 Å². The zero-order valence-electron chi connectivity index (χ0n) is 27.7. The Labute approximate surface area is 278 Å². The molecule has 0 aromatic heterocycles. The van der Waals surface area contributed by atoms with Crippen LogP contribution in [-0.4, -0.2) is 60.6 Å². The van der Waals surface area contributed by atoms with E-state index < -0.39 is 71.1 Å². The van der Waals surface area contributed by atoms with Crippen LogP contribution in [0.15, 0.2) is 24.3 Å². The number of esters is 1. The van der Waals surface area contributed by atoms with Crippen LogP contribution in [0.3, 0.4) is 0 Å². The summed E-state index contributed by atoms with van der Waals surface area (Å²) in [5.74, 6) is -51.0. The van der Waals surface area contributed by atoms with E-state index in [2.05, 4.69) is 11.7 Å². The lowest BCUT2D eigenvalue weighted by atomic mass is 9.66. The molecule has 292 valence electrons. The molecule has 1 aromatic carbocycles. The molecule has 0 amide bonds. The van der Waals surface area contributed by atoms with Gasteiger partial charge in [-0.1, -0.05) is 72.9 Å². The van der Waals surface area contributed by atoms with Gasteiger partial charge in [-0.3, -0.25) is 4.79 Å². The molecule has 0 saturated carbocycles. The Hall–Kier alpha value is -2.63. The predicted molar refractivity (Wildman–Crippen MR) is 148 cm³/mol. The minimum atomic E-state index is -8.53. The molecule has 2 unspecified atom stereocenters. The van der Waals surface area contributed by atoms with Crippen molar-refractivity contribution in [3.05, 3.63) is 29.8 Å². The molecule has 0 saturated heterocycles. The van der Waals surface area contributed by atoms with Crippen molar-refractivity contribution in [1.29, 1.82) is 0 Å². The Kier molecular flexibility index (Phi) is 13.8. The van der Waals surface area contributed by atoms with Gasteiger partial charge >= 0.3 is 54.0 Å². The van der Waals surface area contributed by atoms with Gasteiger partial charge in [-0.2, -0.15) is 70.2 Å². The minimum absolute atomic E-state index is 0.0589. The highest BCUT2D eigenvalue weighted by Crippen LogP contribution is 2.63. The molecule has 0 bridgehead atoms. The fourth-order valence-electron chi connectivity index (χ4n) is 4.86. The highest BCUT2D eigenvalue weighted by Gasteiger charge is 2.94. The number of halogens is 16. The highest BCUT2D eigenvalue weighted by molar-refractivity contribution is 5.73. The minimum Gasteiger partial charge on any atom is -0.465 e. The molecule has 0 N–H and O–H groups in total. The number of benzene rings is 1. The third kappa shape index (κ3) is 8.52. The average molecular weight is 763 g/mol. The van der Waals surface area contributed by atoms with E-state index >= 15 is 0 Å². The smallest absolute Gasteiger partial charge is 0.460 e. The van der Waals surface area contributed by atoms with Gasteiger partial charge in [0.2, 0.25) is 0 Å². The van der Waals surface area contributed by atoms with Gasteiger partial charge in [0, 0.05) is 6.42 Å². The summed E-state index contributed by atoms with van der Waals surface area (Å²) in [4.78, 5) is 13.1. The van der Waals surface area contributed by atoms with Crippen LogP contribution in [0.5, 0.6) is 5.75 Å². The Morgan fingerprint density at radius 1 is 0.680 bits per heavy atom. The van der Waals surface area contributed by atoms with Crippen molar-refractivity contribution < 1.29 is 84.5 Å². The topological polar surface area (TPSA) is 35.5 Å². The Bertz CT molecular complexity index is 1260. The van der Waals surface area contributed by atoms with E-state index in [4.69, 9.17) is 4.74 Å². The van der Waals surface area contributed by atoms with Gasteiger partial charge < -0.3 is 9.47 Å². The molecule has 19 heteroatoms. The van der Waals surface area contributed by atoms with Crippen molar-refractivity contribution >= 4 is 5.97 Å². The first-order chi connectivity index (χ1) is 22.3. The van der Waals surface area contributed by atoms with Crippen LogP contribution < -0.4 is 4.74 Å². The third-order valence-electron chi connectivity index (χ3n) is 8.98. The van der Waals surface area contributed by atoms with Gasteiger partial charge in [0.1, 0.15) is 5.75 Å². The molecule has 3 nitrogen and oxygen atoms in total. The van der Waals surface area contributed by atoms with Gasteiger partial charge in [0.25, 0.3) is 0 Å². The lowest BCUT2D eigenvalue weighted by molar-refractivity contribution is -0.457. The fraction of sp³-hybridized carbons (Fsp3) is 0.774. The zero-order valence-corrected chi connectivity index (χ0v) is 27.7. The fourth-order valence-corrected chi connectivity index (χ4v) is 4.86. The van der Waals surface area contributed by atoms with Crippen molar-refractivity contribution in [2.45, 2.75) is 128 Å². The monoisotopic (exact) mass is 762 g/mol. The standard InChI is InChI=1S/C31H38F16O3/c1-7-15-24(6,9-3)17-20(23(4,5)8-2)21(48)49-16-14-18-10-12-19(13-11-18)50-22(32)25(33,34)26(35,36)27(37,38)28(39,40)29(41,42)30(43,44)31(45,46)47/h10-13,20,22H,7-9,14-17H2,1-6H3/t20-,22?,24?/m1/s1. The van der Waals surface area contributed by atoms with Crippen LogP contribution in [-0.2, 0) is 16.0 Å². The molecule has 50 heavy (non-hydrogen) atoms. The molecule has 0 spiro atoms. The molecule has 1 aromatic rings.